The van der Waals surface area contributed by atoms with E-state index in [1.807, 2.05) is 0 Å². The van der Waals surface area contributed by atoms with Gasteiger partial charge in [0.15, 0.2) is 12.2 Å². The number of aliphatic hydroxyl groups is 1. The molecule has 522 valence electrons. The highest BCUT2D eigenvalue weighted by atomic mass is 31.2. The summed E-state index contributed by atoms with van der Waals surface area (Å²) in [6.07, 6.45) is 45.7. The first-order valence-corrected chi connectivity index (χ1v) is 39.0. The molecule has 3 unspecified atom stereocenters. The van der Waals surface area contributed by atoms with Gasteiger partial charge in [0.2, 0.25) is 0 Å². The van der Waals surface area contributed by atoms with Gasteiger partial charge in [0, 0.05) is 25.7 Å². The quantitative estimate of drug-likeness (QED) is 0.0222. The molecule has 0 aliphatic rings. The Morgan fingerprint density at radius 2 is 0.580 bits per heavy atom. The average molecular weight is 1300 g/mol. The summed E-state index contributed by atoms with van der Waals surface area (Å²) < 4.78 is 68.2. The molecule has 6 atom stereocenters. The van der Waals surface area contributed by atoms with Gasteiger partial charge >= 0.3 is 39.5 Å². The lowest BCUT2D eigenvalue weighted by Gasteiger charge is -2.21. The van der Waals surface area contributed by atoms with E-state index in [0.717, 1.165) is 102 Å². The molecule has 0 heterocycles. The number of hydrogen-bond acceptors (Lipinski definition) is 15. The Hall–Kier alpha value is -1.94. The van der Waals surface area contributed by atoms with Crippen molar-refractivity contribution < 1.29 is 80.2 Å². The van der Waals surface area contributed by atoms with Crippen LogP contribution in [0.15, 0.2) is 0 Å². The van der Waals surface area contributed by atoms with Crippen molar-refractivity contribution in [1.82, 2.24) is 0 Å². The first-order valence-electron chi connectivity index (χ1n) is 36.0. The molecule has 0 aromatic rings. The molecule has 0 aromatic carbocycles. The molecule has 0 amide bonds. The molecular weight excluding hydrogens is 1160 g/mol. The minimum Gasteiger partial charge on any atom is -0.462 e. The van der Waals surface area contributed by atoms with Crippen LogP contribution in [0.25, 0.3) is 0 Å². The molecule has 17 nitrogen and oxygen atoms in total. The van der Waals surface area contributed by atoms with Gasteiger partial charge in [0.1, 0.15) is 19.3 Å². The fourth-order valence-electron chi connectivity index (χ4n) is 10.4. The highest BCUT2D eigenvalue weighted by molar-refractivity contribution is 7.47. The summed E-state index contributed by atoms with van der Waals surface area (Å²) in [6.45, 7) is 9.50. The summed E-state index contributed by atoms with van der Waals surface area (Å²) in [4.78, 5) is 72.5. The predicted octanol–water partition coefficient (Wildman–Crippen LogP) is 19.6. The lowest BCUT2D eigenvalue weighted by atomic mass is 9.99. The maximum absolute atomic E-state index is 13.0. The van der Waals surface area contributed by atoms with Crippen molar-refractivity contribution in [3.8, 4) is 0 Å². The lowest BCUT2D eigenvalue weighted by molar-refractivity contribution is -0.161. The Labute approximate surface area is 537 Å². The minimum absolute atomic E-state index is 0.105. The molecule has 88 heavy (non-hydrogen) atoms. The summed E-state index contributed by atoms with van der Waals surface area (Å²) in [5.74, 6) is -0.630. The van der Waals surface area contributed by atoms with E-state index in [9.17, 15) is 43.2 Å². The van der Waals surface area contributed by atoms with Gasteiger partial charge in [-0.15, -0.1) is 0 Å². The summed E-state index contributed by atoms with van der Waals surface area (Å²) in [6, 6.07) is 0. The van der Waals surface area contributed by atoms with Gasteiger partial charge in [0.05, 0.1) is 26.4 Å². The number of hydrogen-bond donors (Lipinski definition) is 3. The van der Waals surface area contributed by atoms with Crippen LogP contribution in [0.3, 0.4) is 0 Å². The Balaban J connectivity index is 5.25. The molecule has 0 fully saturated rings. The van der Waals surface area contributed by atoms with Gasteiger partial charge < -0.3 is 33.8 Å². The Morgan fingerprint density at radius 3 is 0.864 bits per heavy atom. The van der Waals surface area contributed by atoms with Crippen LogP contribution in [0.1, 0.15) is 350 Å². The summed E-state index contributed by atoms with van der Waals surface area (Å²) in [5.41, 5.74) is 0. The SMILES string of the molecule is CCCCCCCCCCCCCCCCCC(=O)O[C@H](COC(=O)CCCCCCCCCCC(C)CC)COP(=O)(O)OC[C@@H](O)COP(=O)(O)OC[C@@H](COC(=O)CCCCCCCCCCCC)OC(=O)CCCCCCCCCCC(C)C. The Bertz CT molecular complexity index is 1720. The molecule has 0 spiro atoms. The maximum Gasteiger partial charge on any atom is 0.472 e. The van der Waals surface area contributed by atoms with E-state index in [4.69, 9.17) is 37.0 Å². The van der Waals surface area contributed by atoms with Crippen LogP contribution in [-0.2, 0) is 65.4 Å². The minimum atomic E-state index is -4.95. The van der Waals surface area contributed by atoms with Crippen LogP contribution in [0.2, 0.25) is 0 Å². The third kappa shape index (κ3) is 61.6. The molecule has 0 saturated carbocycles. The molecule has 19 heteroatoms. The van der Waals surface area contributed by atoms with Crippen molar-refractivity contribution >= 4 is 39.5 Å². The molecule has 0 saturated heterocycles. The van der Waals surface area contributed by atoms with Crippen LogP contribution in [0.4, 0.5) is 0 Å². The van der Waals surface area contributed by atoms with E-state index in [0.29, 0.717) is 25.7 Å². The number of esters is 4. The van der Waals surface area contributed by atoms with Crippen molar-refractivity contribution in [1.29, 1.82) is 0 Å². The third-order valence-electron chi connectivity index (χ3n) is 16.3. The number of phosphoric ester groups is 2. The number of carbonyl (C=O) groups excluding carboxylic acids is 4. The smallest absolute Gasteiger partial charge is 0.462 e. The lowest BCUT2D eigenvalue weighted by Crippen LogP contribution is -2.30. The molecular formula is C69H134O17P2. The maximum atomic E-state index is 13.0. The molecule has 0 radical (unpaired) electrons. The van der Waals surface area contributed by atoms with E-state index >= 15 is 0 Å². The number of unbranched alkanes of at least 4 members (excludes halogenated alkanes) is 37. The fourth-order valence-corrected chi connectivity index (χ4v) is 12.0. The van der Waals surface area contributed by atoms with Crippen molar-refractivity contribution in [2.45, 2.75) is 368 Å². The topological polar surface area (TPSA) is 237 Å². The number of carbonyl (C=O) groups is 4. The Kier molecular flexibility index (Phi) is 59.9. The van der Waals surface area contributed by atoms with Gasteiger partial charge in [0.25, 0.3) is 0 Å². The molecule has 0 rings (SSSR count). The summed E-state index contributed by atoms with van der Waals surface area (Å²) in [7, 11) is -9.90. The van der Waals surface area contributed by atoms with Crippen LogP contribution in [0.5, 0.6) is 0 Å². The largest absolute Gasteiger partial charge is 0.472 e. The summed E-state index contributed by atoms with van der Waals surface area (Å²) in [5, 5.41) is 10.6. The zero-order valence-electron chi connectivity index (χ0n) is 57.0. The van der Waals surface area contributed by atoms with E-state index in [2.05, 4.69) is 41.5 Å². The number of aliphatic hydroxyl groups excluding tert-OH is 1. The van der Waals surface area contributed by atoms with Crippen molar-refractivity contribution in [2.75, 3.05) is 39.6 Å². The van der Waals surface area contributed by atoms with Crippen molar-refractivity contribution in [3.05, 3.63) is 0 Å². The fraction of sp³-hybridized carbons (Fsp3) is 0.942. The van der Waals surface area contributed by atoms with Gasteiger partial charge in [-0.05, 0) is 37.5 Å². The second-order valence-electron chi connectivity index (χ2n) is 25.6. The normalized spacial score (nSPS) is 14.5. The van der Waals surface area contributed by atoms with Crippen molar-refractivity contribution in [2.24, 2.45) is 11.8 Å². The number of phosphoric acid groups is 2. The molecule has 0 bridgehead atoms. The standard InChI is InChI=1S/C69H134O17P2/c1-7-10-12-14-16-18-20-21-22-23-24-26-35-41-47-53-68(73)85-64(58-80-67(72)52-46-40-34-30-28-32-38-44-50-62(6)9-3)59-83-87(75,76)81-55-63(70)56-82-88(77,78)84-60-65(57-79-66(71)51-45-39-33-25-19-17-15-13-11-8-2)86-69(74)54-48-42-36-29-27-31-37-43-49-61(4)5/h61-65,70H,7-60H2,1-6H3,(H,75,76)(H,77,78)/t62?,63-,64-,65-/m1/s1. The van der Waals surface area contributed by atoms with Crippen LogP contribution < -0.4 is 0 Å². The number of ether oxygens (including phenoxy) is 4. The van der Waals surface area contributed by atoms with Gasteiger partial charge in [-0.2, -0.15) is 0 Å². The zero-order valence-corrected chi connectivity index (χ0v) is 58.8. The Morgan fingerprint density at radius 1 is 0.330 bits per heavy atom. The molecule has 3 N–H and O–H groups in total. The molecule has 0 aliphatic heterocycles. The third-order valence-corrected chi connectivity index (χ3v) is 18.2. The van der Waals surface area contributed by atoms with Crippen LogP contribution >= 0.6 is 15.6 Å². The van der Waals surface area contributed by atoms with Gasteiger partial charge in [-0.1, -0.05) is 298 Å². The van der Waals surface area contributed by atoms with Gasteiger partial charge in [-0.25, -0.2) is 9.13 Å². The molecule has 0 aliphatic carbocycles. The first kappa shape index (κ1) is 86.1. The number of rotatable bonds is 68. The highest BCUT2D eigenvalue weighted by Gasteiger charge is 2.30. The van der Waals surface area contributed by atoms with E-state index in [1.54, 1.807) is 0 Å². The van der Waals surface area contributed by atoms with E-state index < -0.39 is 97.5 Å². The molecule has 0 aromatic heterocycles. The van der Waals surface area contributed by atoms with E-state index in [1.165, 1.54) is 167 Å². The predicted molar refractivity (Wildman–Crippen MR) is 354 cm³/mol. The second-order valence-corrected chi connectivity index (χ2v) is 28.5. The zero-order chi connectivity index (χ0) is 65.0. The van der Waals surface area contributed by atoms with Gasteiger partial charge in [-0.3, -0.25) is 37.3 Å². The first-order chi connectivity index (χ1) is 42.4. The van der Waals surface area contributed by atoms with E-state index in [-0.39, 0.29) is 25.7 Å². The highest BCUT2D eigenvalue weighted by Crippen LogP contribution is 2.45. The van der Waals surface area contributed by atoms with Crippen LogP contribution in [-0.4, -0.2) is 96.7 Å². The second kappa shape index (κ2) is 61.3. The summed E-state index contributed by atoms with van der Waals surface area (Å²) >= 11 is 0. The van der Waals surface area contributed by atoms with Crippen LogP contribution in [0, 0.1) is 11.8 Å². The van der Waals surface area contributed by atoms with Crippen molar-refractivity contribution in [3.63, 3.8) is 0 Å². The average Bonchev–Trinajstić information content (AvgIpc) is 3.60. The monoisotopic (exact) mass is 1300 g/mol.